The molecule has 5 fully saturated rings. The predicted molar refractivity (Wildman–Crippen MR) is 136 cm³/mol. The fraction of sp³-hybridized carbons (Fsp3) is 0.931. The van der Waals surface area contributed by atoms with Crippen molar-refractivity contribution in [2.24, 2.45) is 40.4 Å². The van der Waals surface area contributed by atoms with Gasteiger partial charge in [0.15, 0.2) is 0 Å². The molecule has 0 spiro atoms. The molecule has 35 heavy (non-hydrogen) atoms. The van der Waals surface area contributed by atoms with Crippen LogP contribution in [0.2, 0.25) is 0 Å². The number of Topliss-reactive ketones (excluding diaryl/α,β-unsaturated/α-hetero) is 1. The molecule has 4 saturated carbocycles. The minimum absolute atomic E-state index is 0.126. The Morgan fingerprint density at radius 3 is 2.37 bits per heavy atom. The highest BCUT2D eigenvalue weighted by Gasteiger charge is 2.63. The van der Waals surface area contributed by atoms with Gasteiger partial charge >= 0.3 is 0 Å². The van der Waals surface area contributed by atoms with Crippen molar-refractivity contribution in [3.8, 4) is 0 Å². The van der Waals surface area contributed by atoms with Crippen LogP contribution in [0.3, 0.4) is 0 Å². The number of amides is 1. The number of ether oxygens (including phenoxy) is 1. The Morgan fingerprint density at radius 2 is 1.69 bits per heavy atom. The minimum atomic E-state index is -0.529. The van der Waals surface area contributed by atoms with Crippen LogP contribution in [-0.2, 0) is 14.3 Å². The summed E-state index contributed by atoms with van der Waals surface area (Å²) in [6.07, 6.45) is 9.94. The first-order valence-corrected chi connectivity index (χ1v) is 14.3. The second-order valence-electron chi connectivity index (χ2n) is 13.4. The molecule has 5 rings (SSSR count). The quantitative estimate of drug-likeness (QED) is 0.638. The Bertz CT molecular complexity index is 821. The molecule has 1 amide bonds. The highest BCUT2D eigenvalue weighted by Crippen LogP contribution is 2.68. The van der Waals surface area contributed by atoms with Crippen LogP contribution in [0, 0.1) is 40.4 Å². The topological polar surface area (TPSA) is 70.1 Å². The molecule has 0 aromatic rings. The van der Waals surface area contributed by atoms with Gasteiger partial charge in [-0.1, -0.05) is 6.92 Å². The second kappa shape index (κ2) is 9.40. The summed E-state index contributed by atoms with van der Waals surface area (Å²) >= 11 is 0. The van der Waals surface area contributed by atoms with Crippen LogP contribution in [0.25, 0.3) is 0 Å². The zero-order valence-electron chi connectivity index (χ0n) is 22.6. The van der Waals surface area contributed by atoms with E-state index in [0.717, 1.165) is 64.9 Å². The van der Waals surface area contributed by atoms with E-state index in [1.165, 1.54) is 25.7 Å². The first-order chi connectivity index (χ1) is 16.6. The molecule has 8 atom stereocenters. The lowest BCUT2D eigenvalue weighted by Gasteiger charge is -2.62. The summed E-state index contributed by atoms with van der Waals surface area (Å²) in [5, 5.41) is 10.9. The Labute approximate surface area is 212 Å². The van der Waals surface area contributed by atoms with E-state index >= 15 is 0 Å². The molecule has 1 saturated heterocycles. The van der Waals surface area contributed by atoms with E-state index in [-0.39, 0.29) is 22.7 Å². The molecule has 0 radical (unpaired) electrons. The van der Waals surface area contributed by atoms with Crippen LogP contribution < -0.4 is 0 Å². The molecule has 5 aliphatic rings. The Morgan fingerprint density at radius 1 is 0.943 bits per heavy atom. The number of ketones is 1. The predicted octanol–water partition coefficient (Wildman–Crippen LogP) is 3.76. The van der Waals surface area contributed by atoms with Crippen molar-refractivity contribution in [3.05, 3.63) is 0 Å². The normalized spacial score (nSPS) is 46.0. The van der Waals surface area contributed by atoms with E-state index in [1.54, 1.807) is 6.92 Å². The number of carbonyl (C=O) groups is 2. The number of nitrogens with zero attached hydrogens (tertiary/aromatic N) is 2. The number of methoxy groups -OCH3 is 1. The van der Waals surface area contributed by atoms with E-state index in [1.807, 2.05) is 18.9 Å². The summed E-state index contributed by atoms with van der Waals surface area (Å²) < 4.78 is 5.90. The molecule has 0 aromatic heterocycles. The van der Waals surface area contributed by atoms with Gasteiger partial charge in [-0.05, 0) is 99.2 Å². The van der Waals surface area contributed by atoms with Crippen molar-refractivity contribution < 1.29 is 19.4 Å². The lowest BCUT2D eigenvalue weighted by molar-refractivity contribution is -0.175. The third-order valence-electron chi connectivity index (χ3n) is 11.7. The molecular weight excluding hydrogens is 440 g/mol. The maximum Gasteiger partial charge on any atom is 0.219 e. The number of carbonyl (C=O) groups excluding carboxylic acids is 2. The van der Waals surface area contributed by atoms with Crippen LogP contribution in [0.15, 0.2) is 0 Å². The summed E-state index contributed by atoms with van der Waals surface area (Å²) in [7, 11) is 1.86. The third-order valence-corrected chi connectivity index (χ3v) is 11.7. The van der Waals surface area contributed by atoms with Crippen molar-refractivity contribution in [3.63, 3.8) is 0 Å². The summed E-state index contributed by atoms with van der Waals surface area (Å²) in [4.78, 5) is 29.5. The van der Waals surface area contributed by atoms with E-state index in [2.05, 4.69) is 11.8 Å². The molecule has 6 nitrogen and oxygen atoms in total. The SMILES string of the molecule is COC[C@]12CC[C@@](C)(O)CC1CC[C@@H]1C2CC[C@]2(C)[C@@H](C(=O)CN3CCN(C(C)=O)CC3)CC[C@@H]12. The van der Waals surface area contributed by atoms with Crippen LogP contribution in [0.1, 0.15) is 78.6 Å². The van der Waals surface area contributed by atoms with Gasteiger partial charge in [-0.3, -0.25) is 14.5 Å². The van der Waals surface area contributed by atoms with Gasteiger partial charge in [-0.15, -0.1) is 0 Å². The average Bonchev–Trinajstić information content (AvgIpc) is 3.17. The first-order valence-electron chi connectivity index (χ1n) is 14.3. The number of fused-ring (bicyclic) bond motifs is 5. The summed E-state index contributed by atoms with van der Waals surface area (Å²) in [6, 6.07) is 0. The van der Waals surface area contributed by atoms with Gasteiger partial charge < -0.3 is 14.7 Å². The van der Waals surface area contributed by atoms with Gasteiger partial charge in [0.1, 0.15) is 5.78 Å². The van der Waals surface area contributed by atoms with E-state index in [0.29, 0.717) is 36.0 Å². The largest absolute Gasteiger partial charge is 0.390 e. The van der Waals surface area contributed by atoms with E-state index in [4.69, 9.17) is 4.74 Å². The Hall–Kier alpha value is -0.980. The maximum absolute atomic E-state index is 13.6. The van der Waals surface area contributed by atoms with Gasteiger partial charge in [-0.25, -0.2) is 0 Å². The summed E-state index contributed by atoms with van der Waals surface area (Å²) in [5.74, 6) is 3.33. The number of rotatable bonds is 5. The fourth-order valence-electron chi connectivity index (χ4n) is 9.86. The first kappa shape index (κ1) is 25.7. The van der Waals surface area contributed by atoms with Crippen molar-refractivity contribution in [2.75, 3.05) is 46.4 Å². The molecule has 1 heterocycles. The van der Waals surface area contributed by atoms with Crippen molar-refractivity contribution in [1.82, 2.24) is 9.80 Å². The maximum atomic E-state index is 13.6. The standard InChI is InChI=1S/C29H48N2O4/c1-20(32)31-15-13-30(14-16-31)18-26(33)25-8-7-23-22-6-5-21-17-27(2,34)11-12-29(21,19-35-4)24(22)9-10-28(23,25)3/h21-25,34H,5-19H2,1-4H3/t21?,22-,23-,24?,25+,27+,28-,29+/m0/s1. The molecular formula is C29H48N2O4. The molecule has 198 valence electrons. The molecule has 6 heteroatoms. The van der Waals surface area contributed by atoms with Gasteiger partial charge in [0.05, 0.1) is 18.8 Å². The summed E-state index contributed by atoms with van der Waals surface area (Å²) in [5.41, 5.74) is -0.195. The van der Waals surface area contributed by atoms with Gasteiger partial charge in [0, 0.05) is 46.1 Å². The number of hydrogen-bond donors (Lipinski definition) is 1. The lowest BCUT2D eigenvalue weighted by Crippen LogP contribution is -2.58. The van der Waals surface area contributed by atoms with Gasteiger partial charge in [0.2, 0.25) is 5.91 Å². The van der Waals surface area contributed by atoms with Crippen LogP contribution in [0.4, 0.5) is 0 Å². The molecule has 0 aromatic carbocycles. The zero-order valence-corrected chi connectivity index (χ0v) is 22.6. The van der Waals surface area contributed by atoms with Crippen molar-refractivity contribution >= 4 is 11.7 Å². The Balaban J connectivity index is 1.28. The lowest BCUT2D eigenvalue weighted by atomic mass is 9.43. The number of hydrogen-bond acceptors (Lipinski definition) is 5. The van der Waals surface area contributed by atoms with Gasteiger partial charge in [0.25, 0.3) is 0 Å². The molecule has 2 unspecified atom stereocenters. The highest BCUT2D eigenvalue weighted by atomic mass is 16.5. The van der Waals surface area contributed by atoms with E-state index < -0.39 is 5.60 Å². The van der Waals surface area contributed by atoms with Crippen molar-refractivity contribution in [2.45, 2.75) is 84.2 Å². The average molecular weight is 489 g/mol. The number of piperazine rings is 1. The number of aliphatic hydroxyl groups is 1. The van der Waals surface area contributed by atoms with Gasteiger partial charge in [-0.2, -0.15) is 0 Å². The molecule has 0 bridgehead atoms. The van der Waals surface area contributed by atoms with E-state index in [9.17, 15) is 14.7 Å². The van der Waals surface area contributed by atoms with Crippen LogP contribution in [-0.4, -0.2) is 78.6 Å². The molecule has 1 aliphatic heterocycles. The smallest absolute Gasteiger partial charge is 0.219 e. The zero-order chi connectivity index (χ0) is 25.0. The highest BCUT2D eigenvalue weighted by molar-refractivity contribution is 5.84. The molecule has 1 N–H and O–H groups in total. The minimum Gasteiger partial charge on any atom is -0.390 e. The van der Waals surface area contributed by atoms with Crippen LogP contribution >= 0.6 is 0 Å². The Kier molecular flexibility index (Phi) is 6.89. The molecule has 4 aliphatic carbocycles. The summed E-state index contributed by atoms with van der Waals surface area (Å²) in [6.45, 7) is 10.6. The van der Waals surface area contributed by atoms with Crippen molar-refractivity contribution in [1.29, 1.82) is 0 Å². The van der Waals surface area contributed by atoms with Crippen LogP contribution in [0.5, 0.6) is 0 Å². The monoisotopic (exact) mass is 488 g/mol. The fourth-order valence-corrected chi connectivity index (χ4v) is 9.86. The second-order valence-corrected chi connectivity index (χ2v) is 13.4. The third kappa shape index (κ3) is 4.40.